The number of carboxylic acid groups (broad SMARTS) is 1. The zero-order valence-electron chi connectivity index (χ0n) is 31.2. The number of hydrogen-bond acceptors (Lipinski definition) is 7. The lowest BCUT2D eigenvalue weighted by Crippen LogP contribution is -2.12. The molecule has 278 valence electrons. The van der Waals surface area contributed by atoms with Gasteiger partial charge in [0.25, 0.3) is 0 Å². The van der Waals surface area contributed by atoms with Gasteiger partial charge in [-0.25, -0.2) is 4.79 Å². The highest BCUT2D eigenvalue weighted by atomic mass is 16.5. The number of carbonyl (C=O) groups is 1. The molecule has 0 atom stereocenters. The van der Waals surface area contributed by atoms with Crippen LogP contribution in [0.15, 0.2) is 84.9 Å². The topological polar surface area (TPSA) is 109 Å². The number of nitrogens with zero attached hydrogens (tertiary/aromatic N) is 3. The van der Waals surface area contributed by atoms with Crippen molar-refractivity contribution in [3.63, 3.8) is 0 Å². The van der Waals surface area contributed by atoms with Gasteiger partial charge in [0.15, 0.2) is 0 Å². The molecular weight excluding hydrogens is 668 g/mol. The standard InChI is InChI=1S/C39H39N3O6.C4H11N/c1-41-34-25-46-22-6-5-21-42-37-30(13-8-14-32(37)36(34)33(40-41)24-48-28-19-17-27(45-2)18-20-28)31(38(42)39(43)44)15-9-23-47-35-16-7-11-26-10-3-4-12-29(26)35;1-3-5-4-2/h3-4,7-8,10-14,16-20H,5-6,9,15,21-25H2,1-2H3,(H,43,44);5H,3-4H2,1-2H3. The molecule has 0 fully saturated rings. The van der Waals surface area contributed by atoms with Gasteiger partial charge in [0.05, 0.1) is 31.5 Å². The number of para-hydroxylation sites is 1. The molecule has 53 heavy (non-hydrogen) atoms. The number of ether oxygens (including phenoxy) is 4. The highest BCUT2D eigenvalue weighted by Crippen LogP contribution is 2.39. The van der Waals surface area contributed by atoms with Crippen LogP contribution in [0.25, 0.3) is 32.8 Å². The maximum Gasteiger partial charge on any atom is 0.352 e. The quantitative estimate of drug-likeness (QED) is 0.122. The van der Waals surface area contributed by atoms with Crippen LogP contribution in [0.1, 0.15) is 60.5 Å². The van der Waals surface area contributed by atoms with Crippen molar-refractivity contribution in [3.8, 4) is 28.4 Å². The Morgan fingerprint density at radius 2 is 1.64 bits per heavy atom. The molecule has 0 bridgehead atoms. The van der Waals surface area contributed by atoms with Crippen LogP contribution in [0.4, 0.5) is 0 Å². The summed E-state index contributed by atoms with van der Waals surface area (Å²) in [5.41, 5.74) is 5.59. The van der Waals surface area contributed by atoms with Crippen LogP contribution in [0.3, 0.4) is 0 Å². The zero-order valence-corrected chi connectivity index (χ0v) is 31.2. The second kappa shape index (κ2) is 17.9. The van der Waals surface area contributed by atoms with Gasteiger partial charge in [-0.15, -0.1) is 0 Å². The molecule has 0 spiro atoms. The van der Waals surface area contributed by atoms with E-state index in [9.17, 15) is 9.90 Å². The highest BCUT2D eigenvalue weighted by Gasteiger charge is 2.28. The van der Waals surface area contributed by atoms with Crippen LogP contribution < -0.4 is 19.5 Å². The van der Waals surface area contributed by atoms with Crippen molar-refractivity contribution in [1.29, 1.82) is 0 Å². The molecule has 1 aliphatic heterocycles. The molecule has 7 rings (SSSR count). The van der Waals surface area contributed by atoms with Crippen molar-refractivity contribution in [1.82, 2.24) is 19.7 Å². The first-order chi connectivity index (χ1) is 25.9. The van der Waals surface area contributed by atoms with Crippen molar-refractivity contribution in [3.05, 3.63) is 108 Å². The normalized spacial score (nSPS) is 12.8. The Hall–Kier alpha value is -5.32. The number of nitrogens with one attached hydrogen (secondary N) is 1. The number of aromatic carboxylic acids is 1. The number of methoxy groups -OCH3 is 1. The van der Waals surface area contributed by atoms with Gasteiger partial charge >= 0.3 is 5.97 Å². The van der Waals surface area contributed by atoms with E-state index in [-0.39, 0.29) is 6.61 Å². The Bertz CT molecular complexity index is 2130. The fourth-order valence-corrected chi connectivity index (χ4v) is 7.07. The third-order valence-electron chi connectivity index (χ3n) is 9.57. The first-order valence-electron chi connectivity index (χ1n) is 18.5. The average molecular weight is 719 g/mol. The summed E-state index contributed by atoms with van der Waals surface area (Å²) < 4.78 is 27.7. The molecule has 0 saturated heterocycles. The summed E-state index contributed by atoms with van der Waals surface area (Å²) in [7, 11) is 3.55. The van der Waals surface area contributed by atoms with E-state index in [0.717, 1.165) is 87.2 Å². The van der Waals surface area contributed by atoms with E-state index >= 15 is 0 Å². The van der Waals surface area contributed by atoms with Crippen LogP contribution in [0.2, 0.25) is 0 Å². The summed E-state index contributed by atoms with van der Waals surface area (Å²) in [5, 5.41) is 21.8. The highest BCUT2D eigenvalue weighted by molar-refractivity contribution is 6.04. The Morgan fingerprint density at radius 1 is 0.906 bits per heavy atom. The van der Waals surface area contributed by atoms with Gasteiger partial charge < -0.3 is 33.9 Å². The third kappa shape index (κ3) is 8.50. The van der Waals surface area contributed by atoms with Gasteiger partial charge in [-0.2, -0.15) is 5.10 Å². The van der Waals surface area contributed by atoms with E-state index < -0.39 is 5.97 Å². The van der Waals surface area contributed by atoms with Crippen LogP contribution in [-0.4, -0.2) is 58.8 Å². The lowest BCUT2D eigenvalue weighted by Gasteiger charge is -2.13. The van der Waals surface area contributed by atoms with Crippen molar-refractivity contribution < 1.29 is 28.8 Å². The molecule has 6 aromatic rings. The number of rotatable bonds is 12. The molecule has 10 heteroatoms. The number of fused-ring (bicyclic) bond motifs is 3. The molecule has 0 amide bonds. The predicted molar refractivity (Wildman–Crippen MR) is 209 cm³/mol. The van der Waals surface area contributed by atoms with Crippen LogP contribution in [0, 0.1) is 0 Å². The summed E-state index contributed by atoms with van der Waals surface area (Å²) in [6, 6.07) is 27.8. The average Bonchev–Trinajstić information content (AvgIpc) is 3.66. The number of benzene rings is 4. The van der Waals surface area contributed by atoms with Crippen molar-refractivity contribution in [2.24, 2.45) is 7.05 Å². The van der Waals surface area contributed by atoms with E-state index in [1.807, 2.05) is 77.0 Å². The van der Waals surface area contributed by atoms with Gasteiger partial charge in [0.2, 0.25) is 0 Å². The molecule has 0 unspecified atom stereocenters. The lowest BCUT2D eigenvalue weighted by molar-refractivity contribution is 0.0683. The molecular formula is C43H50N4O6. The summed E-state index contributed by atoms with van der Waals surface area (Å²) in [6.07, 6.45) is 2.84. The second-order valence-corrected chi connectivity index (χ2v) is 13.0. The first kappa shape index (κ1) is 37.4. The molecule has 0 saturated carbocycles. The van der Waals surface area contributed by atoms with Crippen molar-refractivity contribution in [2.75, 3.05) is 33.4 Å². The Morgan fingerprint density at radius 3 is 2.40 bits per heavy atom. The van der Waals surface area contributed by atoms with E-state index in [4.69, 9.17) is 24.0 Å². The Kier molecular flexibility index (Phi) is 12.7. The monoisotopic (exact) mass is 718 g/mol. The minimum absolute atomic E-state index is 0.233. The van der Waals surface area contributed by atoms with E-state index in [1.165, 1.54) is 0 Å². The van der Waals surface area contributed by atoms with Gasteiger partial charge in [0.1, 0.15) is 35.2 Å². The molecule has 2 N–H and O–H groups in total. The molecule has 10 nitrogen and oxygen atoms in total. The molecule has 1 aliphatic rings. The van der Waals surface area contributed by atoms with Crippen LogP contribution in [0.5, 0.6) is 17.2 Å². The minimum Gasteiger partial charge on any atom is -0.497 e. The lowest BCUT2D eigenvalue weighted by atomic mass is 9.98. The van der Waals surface area contributed by atoms with Gasteiger partial charge in [-0.05, 0) is 80.1 Å². The van der Waals surface area contributed by atoms with E-state index in [2.05, 4.69) is 43.4 Å². The molecule has 0 aliphatic carbocycles. The van der Waals surface area contributed by atoms with E-state index in [1.54, 1.807) is 7.11 Å². The van der Waals surface area contributed by atoms with Crippen molar-refractivity contribution in [2.45, 2.75) is 59.3 Å². The van der Waals surface area contributed by atoms with Crippen LogP contribution in [-0.2, 0) is 38.0 Å². The smallest absolute Gasteiger partial charge is 0.352 e. The number of hydrogen-bond donors (Lipinski definition) is 2. The molecule has 2 aromatic heterocycles. The van der Waals surface area contributed by atoms with Crippen molar-refractivity contribution >= 4 is 27.6 Å². The van der Waals surface area contributed by atoms with Gasteiger partial charge in [-0.1, -0.05) is 68.4 Å². The predicted octanol–water partition coefficient (Wildman–Crippen LogP) is 8.42. The number of aryl methyl sites for hydroxylation is 3. The molecule has 0 radical (unpaired) electrons. The van der Waals surface area contributed by atoms with Gasteiger partial charge in [-0.3, -0.25) is 4.68 Å². The number of aromatic nitrogens is 3. The zero-order chi connectivity index (χ0) is 37.2. The SMILES string of the molecule is CCNCC.COc1ccc(OCc2nn(C)c3c2-c2cccc4c(CCCOc5cccc6ccccc56)c(C(=O)O)n(c24)CCCCOC3)cc1. The third-order valence-corrected chi connectivity index (χ3v) is 9.57. The summed E-state index contributed by atoms with van der Waals surface area (Å²) >= 11 is 0. The maximum atomic E-state index is 13.0. The minimum atomic E-state index is -0.928. The maximum absolute atomic E-state index is 13.0. The second-order valence-electron chi connectivity index (χ2n) is 13.0. The van der Waals surface area contributed by atoms with Gasteiger partial charge in [0, 0.05) is 42.1 Å². The Labute approximate surface area is 311 Å². The van der Waals surface area contributed by atoms with Crippen LogP contribution >= 0.6 is 0 Å². The first-order valence-corrected chi connectivity index (χ1v) is 18.5. The summed E-state index contributed by atoms with van der Waals surface area (Å²) in [5.74, 6) is 1.36. The summed E-state index contributed by atoms with van der Waals surface area (Å²) in [4.78, 5) is 13.0. The largest absolute Gasteiger partial charge is 0.497 e. The number of carboxylic acids is 1. The fraction of sp³-hybridized carbons (Fsp3) is 0.349. The molecule has 3 heterocycles. The summed E-state index contributed by atoms with van der Waals surface area (Å²) in [6.45, 7) is 8.62. The molecule has 4 aromatic carbocycles. The van der Waals surface area contributed by atoms with E-state index in [0.29, 0.717) is 50.7 Å². The fourth-order valence-electron chi connectivity index (χ4n) is 7.07. The Balaban J connectivity index is 0.000000902.